The molecule has 7 heteroatoms. The number of methoxy groups -OCH3 is 1. The van der Waals surface area contributed by atoms with Crippen LogP contribution in [0.15, 0.2) is 54.6 Å². The average molecular weight is 768 g/mol. The molecule has 5 heterocycles. The number of ketones is 3. The van der Waals surface area contributed by atoms with E-state index in [1.54, 1.807) is 7.11 Å². The molecule has 6 atom stereocenters. The molecule has 6 bridgehead atoms. The van der Waals surface area contributed by atoms with Crippen LogP contribution in [0.3, 0.4) is 0 Å². The molecule has 3 saturated carbocycles. The molecule has 0 amide bonds. The maximum atomic E-state index is 12.6. The van der Waals surface area contributed by atoms with E-state index in [9.17, 15) is 14.4 Å². The first-order chi connectivity index (χ1) is 26.7. The summed E-state index contributed by atoms with van der Waals surface area (Å²) in [5.74, 6) is 7.66. The molecule has 0 radical (unpaired) electrons. The fourth-order valence-electron chi connectivity index (χ4n) is 11.1. The SMILES string of the molecule is CC(C)CC(=O)C1C2CC1CN(C(C)C)C2.CC(C)N1CC2CC(C1)C2C(=O)Cc1ccccc1.COc1ccc(CC(=O)C2C3CC2CN(C(C)C)C3)cc1. The number of fused-ring (bicyclic) bond motifs is 6. The number of carbonyl (C=O) groups is 3. The Kier molecular flexibility index (Phi) is 14.3. The van der Waals surface area contributed by atoms with Crippen LogP contribution in [0.5, 0.6) is 5.75 Å². The Balaban J connectivity index is 0.000000144. The summed E-state index contributed by atoms with van der Waals surface area (Å²) in [6.07, 6.45) is 5.82. The summed E-state index contributed by atoms with van der Waals surface area (Å²) in [6, 6.07) is 19.9. The molecule has 308 valence electrons. The smallest absolute Gasteiger partial charge is 0.140 e. The molecule has 0 N–H and O–H groups in total. The van der Waals surface area contributed by atoms with Gasteiger partial charge in [0.1, 0.15) is 23.1 Å². The predicted octanol–water partition coefficient (Wildman–Crippen LogP) is 8.14. The van der Waals surface area contributed by atoms with Crippen LogP contribution < -0.4 is 4.74 Å². The highest BCUT2D eigenvalue weighted by molar-refractivity contribution is 5.85. The summed E-state index contributed by atoms with van der Waals surface area (Å²) in [5, 5.41) is 0. The molecule has 0 spiro atoms. The van der Waals surface area contributed by atoms with Crippen molar-refractivity contribution in [2.75, 3.05) is 46.4 Å². The Hall–Kier alpha value is -2.87. The number of carbonyl (C=O) groups excluding carboxylic acids is 3. The third-order valence-corrected chi connectivity index (χ3v) is 14.4. The highest BCUT2D eigenvalue weighted by Crippen LogP contribution is 2.49. The first-order valence-corrected chi connectivity index (χ1v) is 22.2. The number of likely N-dealkylation sites (tertiary alicyclic amines) is 1. The second-order valence-corrected chi connectivity index (χ2v) is 19.7. The molecule has 2 aromatic rings. The van der Waals surface area contributed by atoms with Crippen molar-refractivity contribution in [3.8, 4) is 5.75 Å². The van der Waals surface area contributed by atoms with Crippen LogP contribution in [0.4, 0.5) is 0 Å². The third kappa shape index (κ3) is 10.0. The quantitative estimate of drug-likeness (QED) is 0.204. The second-order valence-electron chi connectivity index (χ2n) is 19.7. The zero-order valence-corrected chi connectivity index (χ0v) is 36.2. The van der Waals surface area contributed by atoms with Crippen LogP contribution in [0, 0.1) is 59.2 Å². The number of hydrogen-bond acceptors (Lipinski definition) is 7. The fourth-order valence-corrected chi connectivity index (χ4v) is 11.1. The largest absolute Gasteiger partial charge is 0.497 e. The molecule has 5 aliphatic heterocycles. The number of benzene rings is 2. The number of rotatable bonds is 13. The van der Waals surface area contributed by atoms with Crippen molar-refractivity contribution in [3.63, 3.8) is 0 Å². The molecule has 6 unspecified atom stereocenters. The average Bonchev–Trinajstić information content (AvgIpc) is 3.15. The van der Waals surface area contributed by atoms with Crippen molar-refractivity contribution in [2.45, 2.75) is 112 Å². The summed E-state index contributed by atoms with van der Waals surface area (Å²) in [6.45, 7) is 24.6. The van der Waals surface area contributed by atoms with Crippen molar-refractivity contribution < 1.29 is 19.1 Å². The number of ether oxygens (including phenoxy) is 1. The van der Waals surface area contributed by atoms with E-state index in [0.29, 0.717) is 107 Å². The van der Waals surface area contributed by atoms with Crippen LogP contribution in [0.2, 0.25) is 0 Å². The van der Waals surface area contributed by atoms with Gasteiger partial charge in [0.2, 0.25) is 0 Å². The number of piperidine rings is 6. The third-order valence-electron chi connectivity index (χ3n) is 14.4. The zero-order valence-electron chi connectivity index (χ0n) is 36.2. The minimum atomic E-state index is 0.308. The molecular formula is C49H73N3O4. The minimum Gasteiger partial charge on any atom is -0.497 e. The fraction of sp³-hybridized carbons (Fsp3) is 0.694. The van der Waals surface area contributed by atoms with E-state index in [1.807, 2.05) is 42.5 Å². The van der Waals surface area contributed by atoms with E-state index in [1.165, 1.54) is 19.3 Å². The van der Waals surface area contributed by atoms with E-state index in [-0.39, 0.29) is 0 Å². The van der Waals surface area contributed by atoms with Gasteiger partial charge in [0, 0.05) is 94.4 Å². The molecular weight excluding hydrogens is 695 g/mol. The molecule has 3 aliphatic carbocycles. The topological polar surface area (TPSA) is 70.2 Å². The molecule has 56 heavy (non-hydrogen) atoms. The van der Waals surface area contributed by atoms with Gasteiger partial charge in [-0.25, -0.2) is 0 Å². The Morgan fingerprint density at radius 3 is 1.18 bits per heavy atom. The van der Waals surface area contributed by atoms with Crippen LogP contribution >= 0.6 is 0 Å². The van der Waals surface area contributed by atoms with Crippen molar-refractivity contribution in [3.05, 3.63) is 65.7 Å². The Morgan fingerprint density at radius 2 is 0.857 bits per heavy atom. The second kappa shape index (κ2) is 18.8. The van der Waals surface area contributed by atoms with E-state index in [4.69, 9.17) is 4.74 Å². The standard InChI is InChI=1S/C18H25NO2.C17H23NO.C14H25NO/c1-12(2)19-10-14-9-15(11-19)18(14)17(20)8-13-4-6-16(21-3)7-5-13;1-12(2)18-10-14-9-15(11-18)17(14)16(19)8-13-6-4-3-5-7-13;1-9(2)5-13(16)14-11-6-12(14)8-15(7-11)10(3)4/h4-7,12,14-15,18H,8-11H2,1-3H3;3-7,12,14-15,17H,8-11H2,1-2H3;9-12,14H,5-8H2,1-4H3. The molecule has 7 nitrogen and oxygen atoms in total. The molecule has 0 aromatic heterocycles. The summed E-state index contributed by atoms with van der Waals surface area (Å²) >= 11 is 0. The zero-order chi connectivity index (χ0) is 40.3. The van der Waals surface area contributed by atoms with Gasteiger partial charge >= 0.3 is 0 Å². The lowest BCUT2D eigenvalue weighted by Crippen LogP contribution is -2.59. The lowest BCUT2D eigenvalue weighted by atomic mass is 9.59. The molecule has 8 aliphatic rings. The highest BCUT2D eigenvalue weighted by atomic mass is 16.5. The van der Waals surface area contributed by atoms with Crippen molar-refractivity contribution in [2.24, 2.45) is 59.2 Å². The van der Waals surface area contributed by atoms with Gasteiger partial charge in [0.05, 0.1) is 7.11 Å². The summed E-state index contributed by atoms with van der Waals surface area (Å²) in [5.41, 5.74) is 2.27. The van der Waals surface area contributed by atoms with E-state index in [0.717, 1.165) is 62.6 Å². The first kappa shape index (κ1) is 42.7. The van der Waals surface area contributed by atoms with Gasteiger partial charge in [-0.3, -0.25) is 14.4 Å². The van der Waals surface area contributed by atoms with Gasteiger partial charge in [-0.05, 0) is 125 Å². The normalized spacial score (nSPS) is 30.6. The summed E-state index contributed by atoms with van der Waals surface area (Å²) in [7, 11) is 1.66. The monoisotopic (exact) mass is 768 g/mol. The lowest BCUT2D eigenvalue weighted by molar-refractivity contribution is -0.141. The van der Waals surface area contributed by atoms with Crippen LogP contribution in [-0.4, -0.2) is 96.6 Å². The van der Waals surface area contributed by atoms with E-state index >= 15 is 0 Å². The molecule has 5 saturated heterocycles. The lowest BCUT2D eigenvalue weighted by Gasteiger charge is -2.54. The van der Waals surface area contributed by atoms with Gasteiger partial charge < -0.3 is 19.4 Å². The minimum absolute atomic E-state index is 0.308. The Labute approximate surface area is 339 Å². The summed E-state index contributed by atoms with van der Waals surface area (Å²) in [4.78, 5) is 44.8. The maximum Gasteiger partial charge on any atom is 0.140 e. The van der Waals surface area contributed by atoms with Gasteiger partial charge in [-0.2, -0.15) is 0 Å². The van der Waals surface area contributed by atoms with Crippen LogP contribution in [0.1, 0.15) is 92.2 Å². The van der Waals surface area contributed by atoms with Crippen molar-refractivity contribution in [1.29, 1.82) is 0 Å². The van der Waals surface area contributed by atoms with E-state index < -0.39 is 0 Å². The number of Topliss-reactive ketones (excluding diaryl/α,β-unsaturated/α-hetero) is 3. The van der Waals surface area contributed by atoms with Gasteiger partial charge in [0.15, 0.2) is 0 Å². The van der Waals surface area contributed by atoms with Crippen LogP contribution in [0.25, 0.3) is 0 Å². The number of hydrogen-bond donors (Lipinski definition) is 0. The van der Waals surface area contributed by atoms with Crippen molar-refractivity contribution >= 4 is 17.3 Å². The van der Waals surface area contributed by atoms with Gasteiger partial charge in [-0.1, -0.05) is 56.3 Å². The molecule has 10 rings (SSSR count). The van der Waals surface area contributed by atoms with Gasteiger partial charge in [0.25, 0.3) is 0 Å². The highest BCUT2D eigenvalue weighted by Gasteiger charge is 2.52. The summed E-state index contributed by atoms with van der Waals surface area (Å²) < 4.78 is 5.16. The Bertz CT molecular complexity index is 1570. The first-order valence-electron chi connectivity index (χ1n) is 22.2. The predicted molar refractivity (Wildman–Crippen MR) is 227 cm³/mol. The molecule has 8 fully saturated rings. The molecule has 2 aromatic carbocycles. The van der Waals surface area contributed by atoms with E-state index in [2.05, 4.69) is 82.2 Å². The van der Waals surface area contributed by atoms with Crippen LogP contribution in [-0.2, 0) is 27.2 Å². The van der Waals surface area contributed by atoms with Gasteiger partial charge in [-0.15, -0.1) is 0 Å². The number of nitrogens with zero attached hydrogens (tertiary/aromatic N) is 3. The Morgan fingerprint density at radius 1 is 0.518 bits per heavy atom. The van der Waals surface area contributed by atoms with Crippen molar-refractivity contribution in [1.82, 2.24) is 14.7 Å². The maximum absolute atomic E-state index is 12.6.